The van der Waals surface area contributed by atoms with Gasteiger partial charge in [0.2, 0.25) is 0 Å². The number of nitrogens with zero attached hydrogens (tertiary/aromatic N) is 1. The van der Waals surface area contributed by atoms with Crippen LogP contribution in [0.3, 0.4) is 0 Å². The molecule has 0 heterocycles. The Morgan fingerprint density at radius 3 is 2.58 bits per heavy atom. The third kappa shape index (κ3) is 5.84. The number of methoxy groups -OCH3 is 1. The van der Waals surface area contributed by atoms with Gasteiger partial charge in [-0.05, 0) is 43.4 Å². The van der Waals surface area contributed by atoms with Gasteiger partial charge in [-0.25, -0.2) is 5.43 Å². The highest BCUT2D eigenvalue weighted by Gasteiger charge is 2.25. The maximum atomic E-state index is 12.2. The van der Waals surface area contributed by atoms with Crippen LogP contribution < -0.4 is 20.8 Å². The first-order valence-corrected chi connectivity index (χ1v) is 10.6. The van der Waals surface area contributed by atoms with Gasteiger partial charge in [-0.3, -0.25) is 9.59 Å². The molecule has 0 aromatic heterocycles. The lowest BCUT2D eigenvalue weighted by atomic mass is 9.86. The number of nitrogens with one attached hydrogen (secondary N) is 3. The number of carbonyl (C=O) groups is 2. The maximum Gasteiger partial charge on any atom is 0.329 e. The summed E-state index contributed by atoms with van der Waals surface area (Å²) in [7, 11) is 1.59. The number of hydrogen-bond acceptors (Lipinski definition) is 5. The van der Waals surface area contributed by atoms with E-state index in [1.165, 1.54) is 12.6 Å². The van der Waals surface area contributed by atoms with Crippen LogP contribution in [0.1, 0.15) is 43.7 Å². The van der Waals surface area contributed by atoms with Crippen LogP contribution in [0.2, 0.25) is 0 Å². The highest BCUT2D eigenvalue weighted by atomic mass is 16.5. The van der Waals surface area contributed by atoms with E-state index < -0.39 is 11.8 Å². The number of anilines is 2. The van der Waals surface area contributed by atoms with Gasteiger partial charge >= 0.3 is 11.8 Å². The SMILES string of the molecule is COc1cccc(/C=N\NC(=O)C(=O)N[C@@H]2CCCC[C@@H]2C)c1Nc1ccccc1C. The Labute approximate surface area is 183 Å². The van der Waals surface area contributed by atoms with E-state index in [1.807, 2.05) is 49.4 Å². The molecule has 0 aliphatic heterocycles. The summed E-state index contributed by atoms with van der Waals surface area (Å²) in [6.07, 6.45) is 5.71. The van der Waals surface area contributed by atoms with Crippen LogP contribution >= 0.6 is 0 Å². The summed E-state index contributed by atoms with van der Waals surface area (Å²) in [5.74, 6) is -0.409. The Balaban J connectivity index is 1.68. The van der Waals surface area contributed by atoms with Crippen LogP contribution in [0.4, 0.5) is 11.4 Å². The Morgan fingerprint density at radius 2 is 1.84 bits per heavy atom. The standard InChI is InChI=1S/C24H30N4O3/c1-16-9-4-6-12-19(16)26-22-18(11-8-14-21(22)31-3)15-25-28-24(30)23(29)27-20-13-7-5-10-17(20)2/h4,6,8-9,11-12,14-15,17,20,26H,5,7,10,13H2,1-3H3,(H,27,29)(H,28,30)/b25-15-/t17-,20+/m0/s1. The highest BCUT2D eigenvalue weighted by molar-refractivity contribution is 6.35. The molecule has 7 nitrogen and oxygen atoms in total. The average molecular weight is 423 g/mol. The van der Waals surface area contributed by atoms with Gasteiger partial charge in [0.05, 0.1) is 19.0 Å². The molecule has 0 unspecified atom stereocenters. The zero-order valence-corrected chi connectivity index (χ0v) is 18.3. The fourth-order valence-electron chi connectivity index (χ4n) is 3.78. The van der Waals surface area contributed by atoms with Crippen molar-refractivity contribution in [3.8, 4) is 5.75 Å². The molecule has 2 aromatic carbocycles. The Bertz CT molecular complexity index is 958. The molecule has 2 atom stereocenters. The van der Waals surface area contributed by atoms with Crippen molar-refractivity contribution in [3.05, 3.63) is 53.6 Å². The zero-order chi connectivity index (χ0) is 22.2. The minimum Gasteiger partial charge on any atom is -0.495 e. The van der Waals surface area contributed by atoms with Crippen molar-refractivity contribution in [1.29, 1.82) is 0 Å². The fourth-order valence-corrected chi connectivity index (χ4v) is 3.78. The highest BCUT2D eigenvalue weighted by Crippen LogP contribution is 2.31. The minimum atomic E-state index is -0.773. The van der Waals surface area contributed by atoms with Gasteiger partial charge in [-0.1, -0.05) is 50.1 Å². The molecule has 164 valence electrons. The first-order valence-electron chi connectivity index (χ1n) is 10.6. The predicted molar refractivity (Wildman–Crippen MR) is 123 cm³/mol. The largest absolute Gasteiger partial charge is 0.495 e. The summed E-state index contributed by atoms with van der Waals surface area (Å²) in [6, 6.07) is 13.5. The molecule has 1 aliphatic carbocycles. The summed E-state index contributed by atoms with van der Waals surface area (Å²) in [5, 5.41) is 10.2. The second kappa shape index (κ2) is 10.6. The van der Waals surface area contributed by atoms with Gasteiger partial charge in [0.1, 0.15) is 5.75 Å². The van der Waals surface area contributed by atoms with Crippen molar-refractivity contribution in [3.63, 3.8) is 0 Å². The number of carbonyl (C=O) groups excluding carboxylic acids is 2. The third-order valence-electron chi connectivity index (χ3n) is 5.69. The smallest absolute Gasteiger partial charge is 0.329 e. The van der Waals surface area contributed by atoms with E-state index in [9.17, 15) is 9.59 Å². The molecule has 0 spiro atoms. The molecule has 2 amide bonds. The van der Waals surface area contributed by atoms with E-state index >= 15 is 0 Å². The van der Waals surface area contributed by atoms with Gasteiger partial charge in [-0.15, -0.1) is 0 Å². The van der Waals surface area contributed by atoms with Gasteiger partial charge < -0.3 is 15.4 Å². The van der Waals surface area contributed by atoms with Crippen LogP contribution in [-0.4, -0.2) is 31.2 Å². The molecule has 7 heteroatoms. The molecular formula is C24H30N4O3. The van der Waals surface area contributed by atoms with Crippen LogP contribution in [0.15, 0.2) is 47.6 Å². The summed E-state index contributed by atoms with van der Waals surface area (Å²) < 4.78 is 5.48. The zero-order valence-electron chi connectivity index (χ0n) is 18.3. The van der Waals surface area contributed by atoms with E-state index in [1.54, 1.807) is 7.11 Å². The van der Waals surface area contributed by atoms with E-state index in [4.69, 9.17) is 4.74 Å². The lowest BCUT2D eigenvalue weighted by molar-refractivity contribution is -0.139. The Hall–Kier alpha value is -3.35. The molecule has 3 N–H and O–H groups in total. The van der Waals surface area contributed by atoms with E-state index in [2.05, 4.69) is 28.1 Å². The summed E-state index contributed by atoms with van der Waals surface area (Å²) >= 11 is 0. The average Bonchev–Trinajstić information content (AvgIpc) is 2.77. The molecule has 0 radical (unpaired) electrons. The van der Waals surface area contributed by atoms with Crippen molar-refractivity contribution in [2.45, 2.75) is 45.6 Å². The number of benzene rings is 2. The van der Waals surface area contributed by atoms with Gasteiger partial charge in [0, 0.05) is 17.3 Å². The predicted octanol–water partition coefficient (Wildman–Crippen LogP) is 3.89. The Morgan fingerprint density at radius 1 is 1.06 bits per heavy atom. The lowest BCUT2D eigenvalue weighted by Crippen LogP contribution is -2.46. The topological polar surface area (TPSA) is 91.8 Å². The molecule has 1 aliphatic rings. The summed E-state index contributed by atoms with van der Waals surface area (Å²) in [5.41, 5.74) is 5.78. The molecule has 0 bridgehead atoms. The van der Waals surface area contributed by atoms with E-state index in [0.717, 1.165) is 36.2 Å². The number of rotatable bonds is 6. The van der Waals surface area contributed by atoms with Crippen molar-refractivity contribution < 1.29 is 14.3 Å². The van der Waals surface area contributed by atoms with Crippen molar-refractivity contribution in [2.75, 3.05) is 12.4 Å². The molecule has 1 fully saturated rings. The number of para-hydroxylation sites is 2. The van der Waals surface area contributed by atoms with Crippen LogP contribution in [0.5, 0.6) is 5.75 Å². The number of hydrazone groups is 1. The van der Waals surface area contributed by atoms with Gasteiger partial charge in [-0.2, -0.15) is 5.10 Å². The van der Waals surface area contributed by atoms with Gasteiger partial charge in [0.25, 0.3) is 0 Å². The Kier molecular flexibility index (Phi) is 7.65. The first kappa shape index (κ1) is 22.3. The lowest BCUT2D eigenvalue weighted by Gasteiger charge is -2.29. The second-order valence-corrected chi connectivity index (χ2v) is 7.91. The molecule has 1 saturated carbocycles. The molecule has 31 heavy (non-hydrogen) atoms. The van der Waals surface area contributed by atoms with E-state index in [-0.39, 0.29) is 6.04 Å². The molecule has 0 saturated heterocycles. The van der Waals surface area contributed by atoms with Crippen molar-refractivity contribution in [2.24, 2.45) is 11.0 Å². The number of hydrogen-bond donors (Lipinski definition) is 3. The number of aryl methyl sites for hydroxylation is 1. The summed E-state index contributed by atoms with van der Waals surface area (Å²) in [6.45, 7) is 4.11. The third-order valence-corrected chi connectivity index (χ3v) is 5.69. The number of amides is 2. The van der Waals surface area contributed by atoms with Crippen LogP contribution in [0.25, 0.3) is 0 Å². The van der Waals surface area contributed by atoms with E-state index in [0.29, 0.717) is 17.2 Å². The number of ether oxygens (including phenoxy) is 1. The van der Waals surface area contributed by atoms with Gasteiger partial charge in [0.15, 0.2) is 0 Å². The fraction of sp³-hybridized carbons (Fsp3) is 0.375. The molecular weight excluding hydrogens is 392 g/mol. The monoisotopic (exact) mass is 422 g/mol. The van der Waals surface area contributed by atoms with Crippen LogP contribution in [0, 0.1) is 12.8 Å². The van der Waals surface area contributed by atoms with Crippen molar-refractivity contribution in [1.82, 2.24) is 10.7 Å². The minimum absolute atomic E-state index is 0.0410. The first-order chi connectivity index (χ1) is 15.0. The molecule has 3 rings (SSSR count). The van der Waals surface area contributed by atoms with Crippen LogP contribution in [-0.2, 0) is 9.59 Å². The summed E-state index contributed by atoms with van der Waals surface area (Å²) in [4.78, 5) is 24.4. The molecule has 2 aromatic rings. The normalized spacial score (nSPS) is 18.4. The quantitative estimate of drug-likeness (QED) is 0.374. The second-order valence-electron chi connectivity index (χ2n) is 7.91. The van der Waals surface area contributed by atoms with Crippen molar-refractivity contribution >= 4 is 29.4 Å². The maximum absolute atomic E-state index is 12.2.